The van der Waals surface area contributed by atoms with Crippen LogP contribution in [0, 0.1) is 0 Å². The molecule has 0 saturated carbocycles. The molecule has 2 heterocycles. The summed E-state index contributed by atoms with van der Waals surface area (Å²) >= 11 is 1.69. The molecule has 4 nitrogen and oxygen atoms in total. The van der Waals surface area contributed by atoms with Crippen LogP contribution in [-0.4, -0.2) is 23.0 Å². The summed E-state index contributed by atoms with van der Waals surface area (Å²) in [6, 6.07) is 8.05. The molecule has 3 rings (SSSR count). The summed E-state index contributed by atoms with van der Waals surface area (Å²) in [6.45, 7) is 5.02. The molecule has 2 aromatic heterocycles. The van der Waals surface area contributed by atoms with Gasteiger partial charge in [0.1, 0.15) is 5.75 Å². The van der Waals surface area contributed by atoms with Crippen molar-refractivity contribution in [2.75, 3.05) is 13.7 Å². The molecule has 116 valence electrons. The molecule has 0 bridgehead atoms. The van der Waals surface area contributed by atoms with Gasteiger partial charge in [0.25, 0.3) is 0 Å². The smallest absolute Gasteiger partial charge is 0.194 e. The number of hydrogen-bond donors (Lipinski definition) is 1. The Morgan fingerprint density at radius 1 is 1.36 bits per heavy atom. The maximum absolute atomic E-state index is 5.85. The first-order chi connectivity index (χ1) is 10.7. The van der Waals surface area contributed by atoms with Gasteiger partial charge in [-0.3, -0.25) is 4.40 Å². The van der Waals surface area contributed by atoms with Crippen molar-refractivity contribution in [2.45, 2.75) is 26.2 Å². The average Bonchev–Trinajstić information content (AvgIpc) is 3.08. The number of aromatic nitrogens is 2. The first-order valence-corrected chi connectivity index (χ1v) is 8.37. The van der Waals surface area contributed by atoms with E-state index >= 15 is 0 Å². The molecule has 0 aliphatic carbocycles. The normalized spacial score (nSPS) is 11.5. The molecule has 3 aromatic rings. The van der Waals surface area contributed by atoms with E-state index in [1.807, 2.05) is 18.2 Å². The number of ether oxygens (including phenoxy) is 1. The molecule has 0 spiro atoms. The lowest BCUT2D eigenvalue weighted by Gasteiger charge is -2.09. The van der Waals surface area contributed by atoms with Gasteiger partial charge < -0.3 is 10.5 Å². The predicted octanol–water partition coefficient (Wildman–Crippen LogP) is 3.70. The Hall–Kier alpha value is -1.85. The van der Waals surface area contributed by atoms with Gasteiger partial charge in [0.05, 0.1) is 18.5 Å². The second kappa shape index (κ2) is 6.10. The third-order valence-corrected chi connectivity index (χ3v) is 4.65. The Bertz CT molecular complexity index is 788. The van der Waals surface area contributed by atoms with Crippen LogP contribution < -0.4 is 10.5 Å². The minimum Gasteiger partial charge on any atom is -0.497 e. The number of nitrogens with two attached hydrogens (primary N) is 1. The number of methoxy groups -OCH3 is 1. The fourth-order valence-corrected chi connectivity index (χ4v) is 3.77. The van der Waals surface area contributed by atoms with Crippen LogP contribution in [0.1, 0.15) is 31.2 Å². The topological polar surface area (TPSA) is 52.5 Å². The maximum Gasteiger partial charge on any atom is 0.194 e. The molecule has 0 radical (unpaired) electrons. The van der Waals surface area contributed by atoms with Crippen molar-refractivity contribution in [3.05, 3.63) is 41.0 Å². The number of thiazole rings is 1. The number of fused-ring (bicyclic) bond motifs is 1. The minimum absolute atomic E-state index is 0.456. The standard InChI is InChI=1S/C17H21N3OS/c1-11(2)15-10-22-17-19-16(14(7-8-18)20(15)17)12-5-4-6-13(9-12)21-3/h4-6,9-11H,7-8,18H2,1-3H3. The van der Waals surface area contributed by atoms with E-state index in [9.17, 15) is 0 Å². The lowest BCUT2D eigenvalue weighted by atomic mass is 10.1. The van der Waals surface area contributed by atoms with E-state index in [2.05, 4.69) is 29.7 Å². The van der Waals surface area contributed by atoms with Gasteiger partial charge in [-0.25, -0.2) is 4.98 Å². The Morgan fingerprint density at radius 2 is 2.18 bits per heavy atom. The van der Waals surface area contributed by atoms with Gasteiger partial charge >= 0.3 is 0 Å². The van der Waals surface area contributed by atoms with Crippen molar-refractivity contribution in [2.24, 2.45) is 5.73 Å². The highest BCUT2D eigenvalue weighted by Crippen LogP contribution is 2.32. The lowest BCUT2D eigenvalue weighted by Crippen LogP contribution is -2.08. The van der Waals surface area contributed by atoms with Crippen molar-refractivity contribution in [3.63, 3.8) is 0 Å². The molecule has 0 aliphatic heterocycles. The van der Waals surface area contributed by atoms with E-state index in [4.69, 9.17) is 15.5 Å². The lowest BCUT2D eigenvalue weighted by molar-refractivity contribution is 0.415. The van der Waals surface area contributed by atoms with Crippen molar-refractivity contribution >= 4 is 16.3 Å². The zero-order valence-electron chi connectivity index (χ0n) is 13.2. The first-order valence-electron chi connectivity index (χ1n) is 7.49. The van der Waals surface area contributed by atoms with Crippen LogP contribution in [0.15, 0.2) is 29.6 Å². The SMILES string of the molecule is COc1cccc(-c2nc3scc(C(C)C)n3c2CCN)c1. The van der Waals surface area contributed by atoms with Crippen LogP contribution in [-0.2, 0) is 6.42 Å². The van der Waals surface area contributed by atoms with Gasteiger partial charge in [-0.1, -0.05) is 26.0 Å². The maximum atomic E-state index is 5.85. The van der Waals surface area contributed by atoms with Gasteiger partial charge in [0.15, 0.2) is 4.96 Å². The molecular weight excluding hydrogens is 294 g/mol. The van der Waals surface area contributed by atoms with Gasteiger partial charge in [0.2, 0.25) is 0 Å². The summed E-state index contributed by atoms with van der Waals surface area (Å²) < 4.78 is 7.61. The fourth-order valence-electron chi connectivity index (χ4n) is 2.71. The van der Waals surface area contributed by atoms with E-state index in [1.54, 1.807) is 18.4 Å². The van der Waals surface area contributed by atoms with Gasteiger partial charge in [0, 0.05) is 23.1 Å². The Labute approximate surface area is 134 Å². The van der Waals surface area contributed by atoms with E-state index in [0.717, 1.165) is 28.4 Å². The highest BCUT2D eigenvalue weighted by atomic mass is 32.1. The Balaban J connectivity index is 2.22. The largest absolute Gasteiger partial charge is 0.497 e. The first kappa shape index (κ1) is 15.1. The fraction of sp³-hybridized carbons (Fsp3) is 0.353. The minimum atomic E-state index is 0.456. The molecule has 0 aliphatic rings. The average molecular weight is 315 g/mol. The van der Waals surface area contributed by atoms with Crippen molar-refractivity contribution in [1.82, 2.24) is 9.38 Å². The molecule has 0 amide bonds. The van der Waals surface area contributed by atoms with Crippen molar-refractivity contribution in [3.8, 4) is 17.0 Å². The highest BCUT2D eigenvalue weighted by Gasteiger charge is 2.19. The van der Waals surface area contributed by atoms with Crippen LogP contribution in [0.2, 0.25) is 0 Å². The van der Waals surface area contributed by atoms with Crippen LogP contribution >= 0.6 is 11.3 Å². The number of benzene rings is 1. The van der Waals surface area contributed by atoms with E-state index in [1.165, 1.54) is 11.4 Å². The molecule has 0 unspecified atom stereocenters. The third kappa shape index (κ3) is 2.51. The third-order valence-electron chi connectivity index (χ3n) is 3.80. The number of rotatable bonds is 5. The second-order valence-corrected chi connectivity index (χ2v) is 6.45. The predicted molar refractivity (Wildman–Crippen MR) is 91.9 cm³/mol. The molecular formula is C17H21N3OS. The summed E-state index contributed by atoms with van der Waals surface area (Å²) in [5, 5.41) is 2.20. The van der Waals surface area contributed by atoms with Crippen molar-refractivity contribution in [1.29, 1.82) is 0 Å². The Morgan fingerprint density at radius 3 is 2.86 bits per heavy atom. The number of nitrogens with zero attached hydrogens (tertiary/aromatic N) is 2. The van der Waals surface area contributed by atoms with Crippen LogP contribution in [0.25, 0.3) is 16.2 Å². The zero-order chi connectivity index (χ0) is 15.7. The van der Waals surface area contributed by atoms with Gasteiger partial charge in [-0.05, 0) is 24.6 Å². The summed E-state index contributed by atoms with van der Waals surface area (Å²) in [6.07, 6.45) is 0.810. The summed E-state index contributed by atoms with van der Waals surface area (Å²) in [4.78, 5) is 5.88. The summed E-state index contributed by atoms with van der Waals surface area (Å²) in [5.74, 6) is 1.30. The van der Waals surface area contributed by atoms with Crippen LogP contribution in [0.4, 0.5) is 0 Å². The number of imidazole rings is 1. The van der Waals surface area contributed by atoms with Crippen LogP contribution in [0.5, 0.6) is 5.75 Å². The second-order valence-electron chi connectivity index (χ2n) is 5.61. The molecule has 0 fully saturated rings. The molecule has 2 N–H and O–H groups in total. The molecule has 1 aromatic carbocycles. The zero-order valence-corrected chi connectivity index (χ0v) is 14.0. The number of hydrogen-bond acceptors (Lipinski definition) is 4. The molecule has 5 heteroatoms. The molecule has 22 heavy (non-hydrogen) atoms. The summed E-state index contributed by atoms with van der Waals surface area (Å²) in [7, 11) is 1.68. The monoisotopic (exact) mass is 315 g/mol. The Kier molecular flexibility index (Phi) is 4.18. The summed E-state index contributed by atoms with van der Waals surface area (Å²) in [5.41, 5.74) is 10.4. The van der Waals surface area contributed by atoms with E-state index < -0.39 is 0 Å². The van der Waals surface area contributed by atoms with E-state index in [0.29, 0.717) is 12.5 Å². The van der Waals surface area contributed by atoms with Crippen LogP contribution in [0.3, 0.4) is 0 Å². The highest BCUT2D eigenvalue weighted by molar-refractivity contribution is 7.15. The molecule has 0 atom stereocenters. The molecule has 0 saturated heterocycles. The van der Waals surface area contributed by atoms with E-state index in [-0.39, 0.29) is 0 Å². The quantitative estimate of drug-likeness (QED) is 0.781. The van der Waals surface area contributed by atoms with Gasteiger partial charge in [-0.15, -0.1) is 11.3 Å². The van der Waals surface area contributed by atoms with Crippen molar-refractivity contribution < 1.29 is 4.74 Å². The van der Waals surface area contributed by atoms with Gasteiger partial charge in [-0.2, -0.15) is 0 Å².